The van der Waals surface area contributed by atoms with Gasteiger partial charge in [-0.1, -0.05) is 20.3 Å². The van der Waals surface area contributed by atoms with Crippen LogP contribution in [-0.4, -0.2) is 6.04 Å². The molecule has 0 aromatic carbocycles. The zero-order valence-corrected chi connectivity index (χ0v) is 9.86. The molecule has 0 amide bonds. The molecule has 0 aliphatic heterocycles. The van der Waals surface area contributed by atoms with Crippen LogP contribution < -0.4 is 11.1 Å². The Hall–Kier alpha value is -0.540. The molecule has 1 atom stereocenters. The van der Waals surface area contributed by atoms with E-state index in [4.69, 9.17) is 5.73 Å². The quantitative estimate of drug-likeness (QED) is 0.760. The van der Waals surface area contributed by atoms with Gasteiger partial charge in [-0.15, -0.1) is 11.3 Å². The smallest absolute Gasteiger partial charge is 0.0468 e. The Bertz CT molecular complexity index is 258. The van der Waals surface area contributed by atoms with E-state index in [9.17, 15) is 0 Å². The average molecular weight is 212 g/mol. The topological polar surface area (TPSA) is 38.0 Å². The fraction of sp³-hybridized carbons (Fsp3) is 0.636. The van der Waals surface area contributed by atoms with E-state index in [1.807, 2.05) is 11.4 Å². The third kappa shape index (κ3) is 3.31. The number of nitrogen functional groups attached to an aromatic ring is 1. The van der Waals surface area contributed by atoms with Crippen molar-refractivity contribution >= 4 is 17.0 Å². The first-order chi connectivity index (χ1) is 6.77. The summed E-state index contributed by atoms with van der Waals surface area (Å²) in [6.45, 7) is 5.37. The number of nitrogens with two attached hydrogens (primary N) is 1. The molecule has 0 aliphatic carbocycles. The van der Waals surface area contributed by atoms with Crippen LogP contribution in [0.3, 0.4) is 0 Å². The number of nitrogens with one attached hydrogen (secondary N) is 1. The Morgan fingerprint density at radius 3 is 2.79 bits per heavy atom. The largest absolute Gasteiger partial charge is 0.398 e. The van der Waals surface area contributed by atoms with Gasteiger partial charge in [0.2, 0.25) is 0 Å². The highest BCUT2D eigenvalue weighted by atomic mass is 32.1. The van der Waals surface area contributed by atoms with Crippen LogP contribution in [0.5, 0.6) is 0 Å². The van der Waals surface area contributed by atoms with Gasteiger partial charge in [0.05, 0.1) is 0 Å². The van der Waals surface area contributed by atoms with E-state index in [-0.39, 0.29) is 0 Å². The van der Waals surface area contributed by atoms with Crippen LogP contribution in [0.4, 0.5) is 5.69 Å². The van der Waals surface area contributed by atoms with E-state index >= 15 is 0 Å². The first kappa shape index (κ1) is 11.5. The molecule has 0 bridgehead atoms. The van der Waals surface area contributed by atoms with Crippen molar-refractivity contribution in [3.63, 3.8) is 0 Å². The standard InChI is InChI=1S/C11H20N2S/c1-3-5-9(4-2)13-8-11-10(12)6-7-14-11/h6-7,9,13H,3-5,8,12H2,1-2H3. The van der Waals surface area contributed by atoms with Crippen LogP contribution in [-0.2, 0) is 6.54 Å². The third-order valence-electron chi connectivity index (χ3n) is 2.46. The summed E-state index contributed by atoms with van der Waals surface area (Å²) >= 11 is 1.73. The molecule has 0 fully saturated rings. The summed E-state index contributed by atoms with van der Waals surface area (Å²) in [5.41, 5.74) is 6.74. The molecule has 14 heavy (non-hydrogen) atoms. The maximum atomic E-state index is 5.81. The van der Waals surface area contributed by atoms with Crippen LogP contribution in [0.25, 0.3) is 0 Å². The fourth-order valence-electron chi connectivity index (χ4n) is 1.53. The van der Waals surface area contributed by atoms with Crippen molar-refractivity contribution in [3.05, 3.63) is 16.3 Å². The second kappa shape index (κ2) is 6.04. The lowest BCUT2D eigenvalue weighted by Gasteiger charge is -2.15. The summed E-state index contributed by atoms with van der Waals surface area (Å²) in [7, 11) is 0. The first-order valence-electron chi connectivity index (χ1n) is 5.33. The average Bonchev–Trinajstić information content (AvgIpc) is 2.59. The lowest BCUT2D eigenvalue weighted by Crippen LogP contribution is -2.27. The zero-order chi connectivity index (χ0) is 10.4. The van der Waals surface area contributed by atoms with Gasteiger partial charge in [0, 0.05) is 23.2 Å². The Morgan fingerprint density at radius 1 is 1.50 bits per heavy atom. The Balaban J connectivity index is 2.35. The highest BCUT2D eigenvalue weighted by Crippen LogP contribution is 2.18. The van der Waals surface area contributed by atoms with Gasteiger partial charge in [-0.3, -0.25) is 0 Å². The number of rotatable bonds is 6. The van der Waals surface area contributed by atoms with Crippen LogP contribution in [0, 0.1) is 0 Å². The second-order valence-corrected chi connectivity index (χ2v) is 4.57. The van der Waals surface area contributed by atoms with Gasteiger partial charge < -0.3 is 11.1 Å². The predicted molar refractivity (Wildman–Crippen MR) is 64.6 cm³/mol. The van der Waals surface area contributed by atoms with Crippen molar-refractivity contribution in [2.45, 2.75) is 45.7 Å². The highest BCUT2D eigenvalue weighted by Gasteiger charge is 2.06. The molecule has 1 aromatic heterocycles. The fourth-order valence-corrected chi connectivity index (χ4v) is 2.28. The lowest BCUT2D eigenvalue weighted by atomic mass is 10.1. The SMILES string of the molecule is CCCC(CC)NCc1sccc1N. The molecule has 0 radical (unpaired) electrons. The summed E-state index contributed by atoms with van der Waals surface area (Å²) in [5, 5.41) is 5.59. The molecule has 80 valence electrons. The van der Waals surface area contributed by atoms with Gasteiger partial charge in [-0.2, -0.15) is 0 Å². The van der Waals surface area contributed by atoms with Crippen molar-refractivity contribution in [2.24, 2.45) is 0 Å². The molecule has 3 N–H and O–H groups in total. The van der Waals surface area contributed by atoms with Gasteiger partial charge in [0.15, 0.2) is 0 Å². The maximum absolute atomic E-state index is 5.81. The Morgan fingerprint density at radius 2 is 2.29 bits per heavy atom. The Kier molecular flexibility index (Phi) is 4.98. The minimum Gasteiger partial charge on any atom is -0.398 e. The molecule has 1 aromatic rings. The van der Waals surface area contributed by atoms with Gasteiger partial charge in [-0.05, 0) is 24.3 Å². The molecule has 2 nitrogen and oxygen atoms in total. The molecule has 0 aliphatic rings. The number of hydrogen-bond acceptors (Lipinski definition) is 3. The summed E-state index contributed by atoms with van der Waals surface area (Å²) < 4.78 is 0. The molecule has 1 heterocycles. The van der Waals surface area contributed by atoms with Gasteiger partial charge >= 0.3 is 0 Å². The number of thiophene rings is 1. The minimum atomic E-state index is 0.640. The molecule has 1 unspecified atom stereocenters. The number of hydrogen-bond donors (Lipinski definition) is 2. The van der Waals surface area contributed by atoms with Crippen LogP contribution in [0.2, 0.25) is 0 Å². The monoisotopic (exact) mass is 212 g/mol. The minimum absolute atomic E-state index is 0.640. The van der Waals surface area contributed by atoms with Gasteiger partial charge in [0.1, 0.15) is 0 Å². The summed E-state index contributed by atoms with van der Waals surface area (Å²) in [6, 6.07) is 2.61. The third-order valence-corrected chi connectivity index (χ3v) is 3.40. The highest BCUT2D eigenvalue weighted by molar-refractivity contribution is 7.10. The van der Waals surface area contributed by atoms with Crippen molar-refractivity contribution in [1.82, 2.24) is 5.32 Å². The molecule has 1 rings (SSSR count). The van der Waals surface area contributed by atoms with E-state index in [2.05, 4.69) is 19.2 Å². The first-order valence-corrected chi connectivity index (χ1v) is 6.21. The summed E-state index contributed by atoms with van der Waals surface area (Å²) in [6.07, 6.45) is 3.69. The molecule has 0 spiro atoms. The summed E-state index contributed by atoms with van der Waals surface area (Å²) in [5.74, 6) is 0. The maximum Gasteiger partial charge on any atom is 0.0468 e. The van der Waals surface area contributed by atoms with E-state index < -0.39 is 0 Å². The molecular weight excluding hydrogens is 192 g/mol. The van der Waals surface area contributed by atoms with E-state index in [0.717, 1.165) is 12.2 Å². The molecule has 0 saturated heterocycles. The zero-order valence-electron chi connectivity index (χ0n) is 9.05. The van der Waals surface area contributed by atoms with E-state index in [1.54, 1.807) is 11.3 Å². The Labute approximate surface area is 90.5 Å². The molecule has 3 heteroatoms. The lowest BCUT2D eigenvalue weighted by molar-refractivity contribution is 0.465. The van der Waals surface area contributed by atoms with Gasteiger partial charge in [0.25, 0.3) is 0 Å². The van der Waals surface area contributed by atoms with E-state index in [0.29, 0.717) is 6.04 Å². The summed E-state index contributed by atoms with van der Waals surface area (Å²) in [4.78, 5) is 1.26. The van der Waals surface area contributed by atoms with Gasteiger partial charge in [-0.25, -0.2) is 0 Å². The molecular formula is C11H20N2S. The van der Waals surface area contributed by atoms with Crippen molar-refractivity contribution in [1.29, 1.82) is 0 Å². The van der Waals surface area contributed by atoms with Crippen LogP contribution >= 0.6 is 11.3 Å². The van der Waals surface area contributed by atoms with Crippen molar-refractivity contribution < 1.29 is 0 Å². The van der Waals surface area contributed by atoms with Crippen molar-refractivity contribution in [3.8, 4) is 0 Å². The number of anilines is 1. The van der Waals surface area contributed by atoms with E-state index in [1.165, 1.54) is 24.1 Å². The normalized spacial score (nSPS) is 13.0. The second-order valence-electron chi connectivity index (χ2n) is 3.57. The predicted octanol–water partition coefficient (Wildman–Crippen LogP) is 3.00. The molecule has 0 saturated carbocycles. The van der Waals surface area contributed by atoms with Crippen LogP contribution in [0.1, 0.15) is 38.0 Å². The van der Waals surface area contributed by atoms with Crippen molar-refractivity contribution in [2.75, 3.05) is 5.73 Å². The van der Waals surface area contributed by atoms with Crippen LogP contribution in [0.15, 0.2) is 11.4 Å².